The third-order valence-corrected chi connectivity index (χ3v) is 2.69. The maximum absolute atomic E-state index is 11.9. The number of carbonyl (C=O) groups excluding carboxylic acids is 1. The number of nitrogens with zero attached hydrogens (tertiary/aromatic N) is 1. The van der Waals surface area contributed by atoms with Crippen LogP contribution in [0.4, 0.5) is 0 Å². The van der Waals surface area contributed by atoms with Gasteiger partial charge in [-0.15, -0.1) is 0 Å². The molecular weight excluding hydrogens is 194 g/mol. The van der Waals surface area contributed by atoms with Gasteiger partial charge in [-0.05, 0) is 19.8 Å². The second kappa shape index (κ2) is 6.08. The predicted octanol–water partition coefficient (Wildman–Crippen LogP) is 0.906. The quantitative estimate of drug-likeness (QED) is 0.633. The van der Waals surface area contributed by atoms with E-state index in [0.717, 1.165) is 12.8 Å². The molecule has 0 spiro atoms. The van der Waals surface area contributed by atoms with Gasteiger partial charge in [0.2, 0.25) is 5.91 Å². The Morgan fingerprint density at radius 3 is 2.53 bits per heavy atom. The maximum Gasteiger partial charge on any atom is 0.226 e. The molecular formula is C11H21NO3. The van der Waals surface area contributed by atoms with Crippen LogP contribution in [0.2, 0.25) is 0 Å². The van der Waals surface area contributed by atoms with Crippen LogP contribution in [0, 0.1) is 5.92 Å². The minimum absolute atomic E-state index is 0.137. The highest BCUT2D eigenvalue weighted by molar-refractivity contribution is 5.81. The molecule has 88 valence electrons. The Morgan fingerprint density at radius 1 is 1.40 bits per heavy atom. The van der Waals surface area contributed by atoms with Gasteiger partial charge in [-0.2, -0.15) is 0 Å². The van der Waals surface area contributed by atoms with Crippen LogP contribution in [0.5, 0.6) is 0 Å². The largest absolute Gasteiger partial charge is 0.383 e. The van der Waals surface area contributed by atoms with Crippen molar-refractivity contribution in [2.45, 2.75) is 25.8 Å². The summed E-state index contributed by atoms with van der Waals surface area (Å²) in [4.78, 5) is 13.8. The first-order valence-corrected chi connectivity index (χ1v) is 5.49. The number of carbonyl (C=O) groups is 1. The summed E-state index contributed by atoms with van der Waals surface area (Å²) >= 11 is 0. The molecule has 1 rings (SSSR count). The van der Waals surface area contributed by atoms with E-state index in [1.165, 1.54) is 0 Å². The molecule has 1 saturated carbocycles. The second-order valence-electron chi connectivity index (χ2n) is 4.10. The molecule has 4 heteroatoms. The molecule has 0 heterocycles. The zero-order valence-corrected chi connectivity index (χ0v) is 9.86. The monoisotopic (exact) mass is 215 g/mol. The number of rotatable bonds is 7. The van der Waals surface area contributed by atoms with E-state index < -0.39 is 0 Å². The Balaban J connectivity index is 2.46. The molecule has 0 aromatic rings. The highest BCUT2D eigenvalue weighted by Crippen LogP contribution is 2.31. The van der Waals surface area contributed by atoms with E-state index in [1.54, 1.807) is 14.2 Å². The van der Waals surface area contributed by atoms with E-state index >= 15 is 0 Å². The lowest BCUT2D eigenvalue weighted by atomic mass is 10.2. The summed E-state index contributed by atoms with van der Waals surface area (Å²) in [5.74, 6) is 0.526. The van der Waals surface area contributed by atoms with E-state index in [2.05, 4.69) is 0 Å². The number of amides is 1. The van der Waals surface area contributed by atoms with Crippen molar-refractivity contribution in [1.82, 2.24) is 4.90 Å². The van der Waals surface area contributed by atoms with Gasteiger partial charge in [0.25, 0.3) is 0 Å². The van der Waals surface area contributed by atoms with Crippen molar-refractivity contribution in [3.05, 3.63) is 0 Å². The lowest BCUT2D eigenvalue weighted by Gasteiger charge is -2.28. The lowest BCUT2D eigenvalue weighted by molar-refractivity contribution is -0.136. The molecule has 0 N–H and O–H groups in total. The van der Waals surface area contributed by atoms with Gasteiger partial charge in [-0.25, -0.2) is 0 Å². The summed E-state index contributed by atoms with van der Waals surface area (Å²) in [6.07, 6.45) is 2.09. The summed E-state index contributed by atoms with van der Waals surface area (Å²) in [5, 5.41) is 0. The molecule has 0 saturated heterocycles. The van der Waals surface area contributed by atoms with E-state index in [4.69, 9.17) is 9.47 Å². The predicted molar refractivity (Wildman–Crippen MR) is 57.7 cm³/mol. The van der Waals surface area contributed by atoms with E-state index in [9.17, 15) is 4.79 Å². The highest BCUT2D eigenvalue weighted by Gasteiger charge is 2.34. The second-order valence-corrected chi connectivity index (χ2v) is 4.10. The Hall–Kier alpha value is -0.610. The Morgan fingerprint density at radius 2 is 2.07 bits per heavy atom. The Bertz CT molecular complexity index is 204. The van der Waals surface area contributed by atoms with Crippen LogP contribution in [-0.2, 0) is 14.3 Å². The van der Waals surface area contributed by atoms with Crippen molar-refractivity contribution in [1.29, 1.82) is 0 Å². The topological polar surface area (TPSA) is 38.8 Å². The molecule has 1 aliphatic rings. The third kappa shape index (κ3) is 3.80. The van der Waals surface area contributed by atoms with Crippen LogP contribution in [0.1, 0.15) is 19.8 Å². The van der Waals surface area contributed by atoms with Gasteiger partial charge in [0, 0.05) is 26.7 Å². The average molecular weight is 215 g/mol. The van der Waals surface area contributed by atoms with Crippen LogP contribution >= 0.6 is 0 Å². The van der Waals surface area contributed by atoms with Gasteiger partial charge in [0.05, 0.1) is 19.3 Å². The van der Waals surface area contributed by atoms with Gasteiger partial charge in [0.15, 0.2) is 0 Å². The first kappa shape index (κ1) is 12.5. The fourth-order valence-electron chi connectivity index (χ4n) is 1.63. The van der Waals surface area contributed by atoms with Crippen LogP contribution in [0.25, 0.3) is 0 Å². The first-order valence-electron chi connectivity index (χ1n) is 5.49. The van der Waals surface area contributed by atoms with Crippen molar-refractivity contribution >= 4 is 5.91 Å². The fraction of sp³-hybridized carbons (Fsp3) is 0.909. The molecule has 0 radical (unpaired) electrons. The lowest BCUT2D eigenvalue weighted by Crippen LogP contribution is -2.43. The van der Waals surface area contributed by atoms with Gasteiger partial charge >= 0.3 is 0 Å². The Labute approximate surface area is 91.5 Å². The molecule has 0 aromatic heterocycles. The molecule has 1 fully saturated rings. The van der Waals surface area contributed by atoms with Crippen LogP contribution in [0.3, 0.4) is 0 Å². The molecule has 0 bridgehead atoms. The third-order valence-electron chi connectivity index (χ3n) is 2.69. The summed E-state index contributed by atoms with van der Waals surface area (Å²) in [7, 11) is 3.31. The molecule has 4 nitrogen and oxygen atoms in total. The zero-order chi connectivity index (χ0) is 11.3. The van der Waals surface area contributed by atoms with Crippen molar-refractivity contribution in [3.63, 3.8) is 0 Å². The normalized spacial score (nSPS) is 17.5. The number of hydrogen-bond donors (Lipinski definition) is 0. The SMILES string of the molecule is COCCN(C(=O)C1CC1)C(C)COC. The standard InChI is InChI=1S/C11H21NO3/c1-9(8-15-3)12(6-7-14-2)11(13)10-4-5-10/h9-10H,4-8H2,1-3H3. The minimum Gasteiger partial charge on any atom is -0.383 e. The molecule has 1 amide bonds. The van der Waals surface area contributed by atoms with Gasteiger partial charge in [0.1, 0.15) is 0 Å². The van der Waals surface area contributed by atoms with Gasteiger partial charge in [-0.3, -0.25) is 4.79 Å². The van der Waals surface area contributed by atoms with Crippen LogP contribution in [-0.4, -0.2) is 50.8 Å². The zero-order valence-electron chi connectivity index (χ0n) is 9.86. The summed E-state index contributed by atoms with van der Waals surface area (Å²) in [5.41, 5.74) is 0. The minimum atomic E-state index is 0.137. The summed E-state index contributed by atoms with van der Waals surface area (Å²) in [6, 6.07) is 0.137. The van der Waals surface area contributed by atoms with Crippen LogP contribution in [0.15, 0.2) is 0 Å². The Kier molecular flexibility index (Phi) is 5.05. The maximum atomic E-state index is 11.9. The molecule has 1 atom stereocenters. The van der Waals surface area contributed by atoms with Gasteiger partial charge < -0.3 is 14.4 Å². The fourth-order valence-corrected chi connectivity index (χ4v) is 1.63. The van der Waals surface area contributed by atoms with Gasteiger partial charge in [-0.1, -0.05) is 0 Å². The van der Waals surface area contributed by atoms with Crippen molar-refractivity contribution < 1.29 is 14.3 Å². The highest BCUT2D eigenvalue weighted by atomic mass is 16.5. The average Bonchev–Trinajstić information content (AvgIpc) is 3.01. The molecule has 15 heavy (non-hydrogen) atoms. The van der Waals surface area contributed by atoms with Crippen molar-refractivity contribution in [2.24, 2.45) is 5.92 Å². The smallest absolute Gasteiger partial charge is 0.226 e. The molecule has 0 aromatic carbocycles. The number of hydrogen-bond acceptors (Lipinski definition) is 3. The van der Waals surface area contributed by atoms with Crippen molar-refractivity contribution in [2.75, 3.05) is 34.0 Å². The van der Waals surface area contributed by atoms with E-state index in [1.807, 2.05) is 11.8 Å². The van der Waals surface area contributed by atoms with Crippen LogP contribution < -0.4 is 0 Å². The molecule has 1 aliphatic carbocycles. The molecule has 1 unspecified atom stereocenters. The molecule has 0 aliphatic heterocycles. The van der Waals surface area contributed by atoms with Crippen molar-refractivity contribution in [3.8, 4) is 0 Å². The number of methoxy groups -OCH3 is 2. The summed E-state index contributed by atoms with van der Waals surface area (Å²) in [6.45, 7) is 3.85. The number of ether oxygens (including phenoxy) is 2. The van der Waals surface area contributed by atoms with E-state index in [-0.39, 0.29) is 17.9 Å². The van der Waals surface area contributed by atoms with E-state index in [0.29, 0.717) is 19.8 Å². The summed E-state index contributed by atoms with van der Waals surface area (Å²) < 4.78 is 10.1. The first-order chi connectivity index (χ1) is 7.20.